The van der Waals surface area contributed by atoms with Gasteiger partial charge in [0.15, 0.2) is 5.13 Å². The van der Waals surface area contributed by atoms with Gasteiger partial charge in [-0.25, -0.2) is 13.4 Å². The summed E-state index contributed by atoms with van der Waals surface area (Å²) in [6.07, 6.45) is 0.735. The maximum Gasteiger partial charge on any atom is 0.263 e. The zero-order chi connectivity index (χ0) is 14.8. The number of nitrogens with zero attached hydrogens (tertiary/aromatic N) is 1. The van der Waals surface area contributed by atoms with Crippen LogP contribution in [0.3, 0.4) is 0 Å². The van der Waals surface area contributed by atoms with Crippen LogP contribution in [0.4, 0.5) is 5.13 Å². The number of anilines is 1. The topological polar surface area (TPSA) is 85.1 Å². The van der Waals surface area contributed by atoms with Crippen LogP contribution in [0.5, 0.6) is 0 Å². The van der Waals surface area contributed by atoms with E-state index < -0.39 is 10.0 Å². The van der Waals surface area contributed by atoms with Crippen LogP contribution in [-0.4, -0.2) is 19.9 Å². The Balaban J connectivity index is 2.21. The van der Waals surface area contributed by atoms with Crippen LogP contribution in [0.1, 0.15) is 16.1 Å². The van der Waals surface area contributed by atoms with E-state index >= 15 is 0 Å². The van der Waals surface area contributed by atoms with Crippen LogP contribution < -0.4 is 10.5 Å². The molecule has 20 heavy (non-hydrogen) atoms. The van der Waals surface area contributed by atoms with Gasteiger partial charge in [0.2, 0.25) is 0 Å². The maximum absolute atomic E-state index is 12.2. The Hall–Kier alpha value is -1.44. The third-order valence-electron chi connectivity index (χ3n) is 2.92. The molecule has 0 atom stereocenters. The number of hydrogen-bond donors (Lipinski definition) is 2. The lowest BCUT2D eigenvalue weighted by atomic mass is 10.2. The van der Waals surface area contributed by atoms with E-state index in [-0.39, 0.29) is 4.90 Å². The summed E-state index contributed by atoms with van der Waals surface area (Å²) < 4.78 is 26.9. The van der Waals surface area contributed by atoms with Crippen molar-refractivity contribution in [2.24, 2.45) is 5.73 Å². The standard InChI is InChI=1S/C13H17N3O2S2/c1-9-10(2)19-13(15-9)16-20(17,18)12-5-3-11(4-6-12)7-8-14/h3-6H,7-8,14H2,1-2H3,(H,15,16). The van der Waals surface area contributed by atoms with Crippen molar-refractivity contribution >= 4 is 26.5 Å². The molecule has 2 aromatic rings. The number of aromatic nitrogens is 1. The highest BCUT2D eigenvalue weighted by Crippen LogP contribution is 2.24. The molecule has 1 aromatic carbocycles. The number of hydrogen-bond acceptors (Lipinski definition) is 5. The van der Waals surface area contributed by atoms with Gasteiger partial charge in [-0.15, -0.1) is 11.3 Å². The fourth-order valence-electron chi connectivity index (χ4n) is 1.69. The fourth-order valence-corrected chi connectivity index (χ4v) is 3.74. The molecule has 0 aliphatic carbocycles. The molecule has 2 rings (SSSR count). The van der Waals surface area contributed by atoms with Crippen molar-refractivity contribution in [3.8, 4) is 0 Å². The quantitative estimate of drug-likeness (QED) is 0.885. The van der Waals surface area contributed by atoms with E-state index in [2.05, 4.69) is 9.71 Å². The number of thiazole rings is 1. The summed E-state index contributed by atoms with van der Waals surface area (Å²) in [4.78, 5) is 5.41. The molecule has 3 N–H and O–H groups in total. The summed E-state index contributed by atoms with van der Waals surface area (Å²) >= 11 is 1.33. The van der Waals surface area contributed by atoms with Gasteiger partial charge in [0.1, 0.15) is 0 Å². The molecule has 0 spiro atoms. The van der Waals surface area contributed by atoms with Gasteiger partial charge in [0, 0.05) is 4.88 Å². The third kappa shape index (κ3) is 3.36. The van der Waals surface area contributed by atoms with E-state index in [1.807, 2.05) is 13.8 Å². The molecular formula is C13H17N3O2S2. The maximum atomic E-state index is 12.2. The predicted octanol–water partition coefficient (Wildman–Crippen LogP) is 2.06. The first-order valence-electron chi connectivity index (χ1n) is 6.18. The number of sulfonamides is 1. The SMILES string of the molecule is Cc1nc(NS(=O)(=O)c2ccc(CCN)cc2)sc1C. The second-order valence-corrected chi connectivity index (χ2v) is 7.33. The average Bonchev–Trinajstić information content (AvgIpc) is 2.68. The Morgan fingerprint density at radius 3 is 2.40 bits per heavy atom. The van der Waals surface area contributed by atoms with E-state index in [0.717, 1.165) is 22.6 Å². The second kappa shape index (κ2) is 5.90. The molecule has 0 bridgehead atoms. The van der Waals surface area contributed by atoms with Gasteiger partial charge in [-0.2, -0.15) is 0 Å². The molecule has 108 valence electrons. The van der Waals surface area contributed by atoms with Crippen molar-refractivity contribution in [3.63, 3.8) is 0 Å². The van der Waals surface area contributed by atoms with Crippen LogP contribution in [-0.2, 0) is 16.4 Å². The molecular weight excluding hydrogens is 294 g/mol. The Morgan fingerprint density at radius 1 is 1.25 bits per heavy atom. The first-order valence-corrected chi connectivity index (χ1v) is 8.48. The highest BCUT2D eigenvalue weighted by molar-refractivity contribution is 7.93. The Labute approximate surface area is 122 Å². The first-order chi connectivity index (χ1) is 9.42. The summed E-state index contributed by atoms with van der Waals surface area (Å²) in [5.74, 6) is 0. The van der Waals surface area contributed by atoms with Gasteiger partial charge in [-0.3, -0.25) is 4.72 Å². The minimum absolute atomic E-state index is 0.226. The lowest BCUT2D eigenvalue weighted by molar-refractivity contribution is 0.601. The summed E-state index contributed by atoms with van der Waals surface area (Å²) in [6.45, 7) is 4.31. The van der Waals surface area contributed by atoms with Crippen molar-refractivity contribution in [1.82, 2.24) is 4.98 Å². The van der Waals surface area contributed by atoms with Crippen LogP contribution in [0.25, 0.3) is 0 Å². The monoisotopic (exact) mass is 311 g/mol. The molecule has 0 saturated heterocycles. The fraction of sp³-hybridized carbons (Fsp3) is 0.308. The summed E-state index contributed by atoms with van der Waals surface area (Å²) in [7, 11) is -3.58. The predicted molar refractivity (Wildman–Crippen MR) is 81.6 cm³/mol. The zero-order valence-corrected chi connectivity index (χ0v) is 13.0. The van der Waals surface area contributed by atoms with Crippen molar-refractivity contribution in [1.29, 1.82) is 0 Å². The number of nitrogens with two attached hydrogens (primary N) is 1. The van der Waals surface area contributed by atoms with E-state index in [9.17, 15) is 8.42 Å². The number of aryl methyl sites for hydroxylation is 2. The van der Waals surface area contributed by atoms with Crippen LogP contribution in [0.15, 0.2) is 29.2 Å². The smallest absolute Gasteiger partial charge is 0.263 e. The minimum Gasteiger partial charge on any atom is -0.330 e. The lowest BCUT2D eigenvalue weighted by Crippen LogP contribution is -2.13. The van der Waals surface area contributed by atoms with Gasteiger partial charge >= 0.3 is 0 Å². The zero-order valence-electron chi connectivity index (χ0n) is 11.4. The molecule has 5 nitrogen and oxygen atoms in total. The molecule has 0 fully saturated rings. The molecule has 0 amide bonds. The van der Waals surface area contributed by atoms with Gasteiger partial charge in [-0.1, -0.05) is 12.1 Å². The van der Waals surface area contributed by atoms with E-state index in [4.69, 9.17) is 5.73 Å². The number of nitrogens with one attached hydrogen (secondary N) is 1. The average molecular weight is 311 g/mol. The van der Waals surface area contributed by atoms with Gasteiger partial charge in [0.25, 0.3) is 10.0 Å². The molecule has 1 heterocycles. The molecule has 0 radical (unpaired) electrons. The summed E-state index contributed by atoms with van der Waals surface area (Å²) in [5, 5.41) is 0.394. The molecule has 0 aliphatic heterocycles. The van der Waals surface area contributed by atoms with E-state index in [1.54, 1.807) is 24.3 Å². The lowest BCUT2D eigenvalue weighted by Gasteiger charge is -2.06. The molecule has 0 unspecified atom stereocenters. The summed E-state index contributed by atoms with van der Waals surface area (Å²) in [5.41, 5.74) is 7.33. The van der Waals surface area contributed by atoms with Crippen molar-refractivity contribution in [3.05, 3.63) is 40.4 Å². The van der Waals surface area contributed by atoms with Crippen molar-refractivity contribution in [2.45, 2.75) is 25.2 Å². The molecule has 0 saturated carbocycles. The van der Waals surface area contributed by atoms with Crippen LogP contribution in [0.2, 0.25) is 0 Å². The third-order valence-corrected chi connectivity index (χ3v) is 5.39. The molecule has 0 aliphatic rings. The number of benzene rings is 1. The summed E-state index contributed by atoms with van der Waals surface area (Å²) in [6, 6.07) is 6.72. The minimum atomic E-state index is -3.58. The van der Waals surface area contributed by atoms with Gasteiger partial charge in [0.05, 0.1) is 10.6 Å². The van der Waals surface area contributed by atoms with Crippen molar-refractivity contribution in [2.75, 3.05) is 11.3 Å². The van der Waals surface area contributed by atoms with Crippen LogP contribution >= 0.6 is 11.3 Å². The Morgan fingerprint density at radius 2 is 1.90 bits per heavy atom. The highest BCUT2D eigenvalue weighted by atomic mass is 32.2. The van der Waals surface area contributed by atoms with E-state index in [1.165, 1.54) is 11.3 Å². The second-order valence-electron chi connectivity index (χ2n) is 4.45. The highest BCUT2D eigenvalue weighted by Gasteiger charge is 2.16. The molecule has 1 aromatic heterocycles. The molecule has 7 heteroatoms. The number of rotatable bonds is 5. The normalized spacial score (nSPS) is 11.6. The van der Waals surface area contributed by atoms with Gasteiger partial charge < -0.3 is 5.73 Å². The van der Waals surface area contributed by atoms with Gasteiger partial charge in [-0.05, 0) is 44.5 Å². The van der Waals surface area contributed by atoms with Crippen molar-refractivity contribution < 1.29 is 8.42 Å². The first kappa shape index (κ1) is 15.0. The largest absolute Gasteiger partial charge is 0.330 e. The Kier molecular flexibility index (Phi) is 4.42. The van der Waals surface area contributed by atoms with Crippen LogP contribution in [0, 0.1) is 13.8 Å². The Bertz CT molecular complexity index is 671. The van der Waals surface area contributed by atoms with E-state index in [0.29, 0.717) is 11.7 Å².